The first-order valence-electron chi connectivity index (χ1n) is 3.92. The van der Waals surface area contributed by atoms with E-state index in [1.807, 2.05) is 19.1 Å². The van der Waals surface area contributed by atoms with Gasteiger partial charge >= 0.3 is 5.97 Å². The zero-order chi connectivity index (χ0) is 10.1. The topological polar surface area (TPSA) is 63.3 Å². The van der Waals surface area contributed by atoms with E-state index in [2.05, 4.69) is 4.98 Å². The smallest absolute Gasteiger partial charge is 0.358 e. The molecule has 4 nitrogen and oxygen atoms in total. The predicted octanol–water partition coefficient (Wildman–Crippen LogP) is 2.41. The van der Waals surface area contributed by atoms with Crippen molar-refractivity contribution in [1.82, 2.24) is 4.98 Å². The molecule has 72 valence electrons. The maximum atomic E-state index is 10.7. The fourth-order valence-corrected chi connectivity index (χ4v) is 1.99. The molecule has 5 heteroatoms. The quantitative estimate of drug-likeness (QED) is 0.824. The SMILES string of the molecule is Cc1ccc(-c2ocnc2C(=O)O)s1. The lowest BCUT2D eigenvalue weighted by molar-refractivity contribution is 0.0691. The van der Waals surface area contributed by atoms with Crippen LogP contribution in [0.3, 0.4) is 0 Å². The van der Waals surface area contributed by atoms with E-state index < -0.39 is 5.97 Å². The Balaban J connectivity index is 2.51. The molecule has 0 saturated carbocycles. The fraction of sp³-hybridized carbons (Fsp3) is 0.111. The van der Waals surface area contributed by atoms with Gasteiger partial charge in [0.1, 0.15) is 0 Å². The Bertz CT molecular complexity index is 472. The minimum atomic E-state index is -1.07. The molecule has 0 unspecified atom stereocenters. The van der Waals surface area contributed by atoms with Crippen LogP contribution < -0.4 is 0 Å². The van der Waals surface area contributed by atoms with Crippen LogP contribution in [0.25, 0.3) is 10.6 Å². The van der Waals surface area contributed by atoms with Gasteiger partial charge in [0.15, 0.2) is 17.8 Å². The summed E-state index contributed by atoms with van der Waals surface area (Å²) in [5.41, 5.74) is -0.0353. The van der Waals surface area contributed by atoms with Crippen LogP contribution in [0.4, 0.5) is 0 Å². The number of hydrogen-bond acceptors (Lipinski definition) is 4. The van der Waals surface area contributed by atoms with Gasteiger partial charge in [0.05, 0.1) is 4.88 Å². The van der Waals surface area contributed by atoms with Crippen molar-refractivity contribution in [2.75, 3.05) is 0 Å². The molecule has 1 N–H and O–H groups in total. The number of aryl methyl sites for hydroxylation is 1. The Morgan fingerprint density at radius 1 is 1.57 bits per heavy atom. The Kier molecular flexibility index (Phi) is 2.09. The van der Waals surface area contributed by atoms with Crippen molar-refractivity contribution < 1.29 is 14.3 Å². The molecule has 0 bridgehead atoms. The van der Waals surface area contributed by atoms with E-state index in [0.717, 1.165) is 16.1 Å². The molecule has 0 saturated heterocycles. The van der Waals surface area contributed by atoms with Gasteiger partial charge in [-0.1, -0.05) is 0 Å². The summed E-state index contributed by atoms with van der Waals surface area (Å²) in [5.74, 6) is -0.740. The Labute approximate surface area is 83.8 Å². The minimum absolute atomic E-state index is 0.0353. The van der Waals surface area contributed by atoms with Crippen molar-refractivity contribution in [2.45, 2.75) is 6.92 Å². The second-order valence-corrected chi connectivity index (χ2v) is 4.03. The first-order valence-corrected chi connectivity index (χ1v) is 4.73. The Morgan fingerprint density at radius 2 is 2.36 bits per heavy atom. The van der Waals surface area contributed by atoms with E-state index >= 15 is 0 Å². The average molecular weight is 209 g/mol. The van der Waals surface area contributed by atoms with Crippen molar-refractivity contribution in [3.63, 3.8) is 0 Å². The molecule has 2 heterocycles. The fourth-order valence-electron chi connectivity index (χ4n) is 1.13. The van der Waals surface area contributed by atoms with Crippen molar-refractivity contribution in [1.29, 1.82) is 0 Å². The molecule has 0 aromatic carbocycles. The number of nitrogens with zero attached hydrogens (tertiary/aromatic N) is 1. The number of carboxylic acids is 1. The van der Waals surface area contributed by atoms with Gasteiger partial charge in [-0.25, -0.2) is 9.78 Å². The average Bonchev–Trinajstić information content (AvgIpc) is 2.70. The van der Waals surface area contributed by atoms with Crippen LogP contribution in [0.2, 0.25) is 0 Å². The molecule has 0 fully saturated rings. The van der Waals surface area contributed by atoms with Crippen LogP contribution in [-0.2, 0) is 0 Å². The molecule has 0 aliphatic heterocycles. The molecule has 2 aromatic heterocycles. The van der Waals surface area contributed by atoms with Gasteiger partial charge in [0.25, 0.3) is 0 Å². The summed E-state index contributed by atoms with van der Waals surface area (Å²) in [5, 5.41) is 8.80. The van der Waals surface area contributed by atoms with Gasteiger partial charge in [-0.05, 0) is 19.1 Å². The highest BCUT2D eigenvalue weighted by Crippen LogP contribution is 2.29. The largest absolute Gasteiger partial charge is 0.476 e. The summed E-state index contributed by atoms with van der Waals surface area (Å²) in [4.78, 5) is 16.3. The van der Waals surface area contributed by atoms with Crippen LogP contribution in [0.1, 0.15) is 15.4 Å². The lowest BCUT2D eigenvalue weighted by Crippen LogP contribution is -1.97. The molecular weight excluding hydrogens is 202 g/mol. The zero-order valence-corrected chi connectivity index (χ0v) is 8.17. The van der Waals surface area contributed by atoms with Gasteiger partial charge < -0.3 is 9.52 Å². The third kappa shape index (κ3) is 1.42. The molecule has 0 radical (unpaired) electrons. The maximum absolute atomic E-state index is 10.7. The summed E-state index contributed by atoms with van der Waals surface area (Å²) >= 11 is 1.48. The number of aromatic nitrogens is 1. The summed E-state index contributed by atoms with van der Waals surface area (Å²) in [6, 6.07) is 3.74. The standard InChI is InChI=1S/C9H7NO3S/c1-5-2-3-6(14-5)8-7(9(11)12)10-4-13-8/h2-4H,1H3,(H,11,12). The van der Waals surface area contributed by atoms with Crippen LogP contribution in [0.15, 0.2) is 22.9 Å². The van der Waals surface area contributed by atoms with E-state index in [9.17, 15) is 4.79 Å². The summed E-state index contributed by atoms with van der Waals surface area (Å²) < 4.78 is 5.04. The molecular formula is C9H7NO3S. The molecule has 2 aromatic rings. The molecule has 0 aliphatic rings. The van der Waals surface area contributed by atoms with E-state index in [0.29, 0.717) is 5.76 Å². The summed E-state index contributed by atoms with van der Waals surface area (Å²) in [6.45, 7) is 1.95. The number of carbonyl (C=O) groups is 1. The monoisotopic (exact) mass is 209 g/mol. The third-order valence-corrected chi connectivity index (χ3v) is 2.73. The molecule has 0 aliphatic carbocycles. The van der Waals surface area contributed by atoms with E-state index in [1.54, 1.807) is 0 Å². The lowest BCUT2D eigenvalue weighted by Gasteiger charge is -1.91. The summed E-state index contributed by atoms with van der Waals surface area (Å²) in [7, 11) is 0. The Hall–Kier alpha value is -1.62. The minimum Gasteiger partial charge on any atom is -0.476 e. The van der Waals surface area contributed by atoms with Gasteiger partial charge in [-0.15, -0.1) is 11.3 Å². The molecule has 0 amide bonds. The second kappa shape index (κ2) is 3.26. The highest BCUT2D eigenvalue weighted by Gasteiger charge is 2.17. The maximum Gasteiger partial charge on any atom is 0.358 e. The van der Waals surface area contributed by atoms with Crippen LogP contribution in [0.5, 0.6) is 0 Å². The number of oxazole rings is 1. The normalized spacial score (nSPS) is 10.4. The highest BCUT2D eigenvalue weighted by molar-refractivity contribution is 7.15. The van der Waals surface area contributed by atoms with Crippen molar-refractivity contribution in [3.05, 3.63) is 29.1 Å². The number of thiophene rings is 1. The second-order valence-electron chi connectivity index (χ2n) is 2.75. The van der Waals surface area contributed by atoms with Crippen LogP contribution >= 0.6 is 11.3 Å². The van der Waals surface area contributed by atoms with Gasteiger partial charge in [-0.3, -0.25) is 0 Å². The van der Waals surface area contributed by atoms with Crippen molar-refractivity contribution in [2.24, 2.45) is 0 Å². The van der Waals surface area contributed by atoms with E-state index in [1.165, 1.54) is 11.3 Å². The molecule has 0 spiro atoms. The third-order valence-electron chi connectivity index (χ3n) is 1.73. The number of rotatable bonds is 2. The molecule has 14 heavy (non-hydrogen) atoms. The van der Waals surface area contributed by atoms with Gasteiger partial charge in [0, 0.05) is 4.88 Å². The Morgan fingerprint density at radius 3 is 2.93 bits per heavy atom. The van der Waals surface area contributed by atoms with E-state index in [4.69, 9.17) is 9.52 Å². The van der Waals surface area contributed by atoms with E-state index in [-0.39, 0.29) is 5.69 Å². The van der Waals surface area contributed by atoms with Crippen molar-refractivity contribution in [3.8, 4) is 10.6 Å². The first-order chi connectivity index (χ1) is 6.68. The predicted molar refractivity (Wildman–Crippen MR) is 51.5 cm³/mol. The molecule has 2 rings (SSSR count). The van der Waals surface area contributed by atoms with Crippen molar-refractivity contribution >= 4 is 17.3 Å². The van der Waals surface area contributed by atoms with Crippen LogP contribution in [-0.4, -0.2) is 16.1 Å². The summed E-state index contributed by atoms with van der Waals surface area (Å²) in [6.07, 6.45) is 1.15. The number of hydrogen-bond donors (Lipinski definition) is 1. The van der Waals surface area contributed by atoms with Gasteiger partial charge in [0.2, 0.25) is 0 Å². The lowest BCUT2D eigenvalue weighted by atomic mass is 10.3. The van der Waals surface area contributed by atoms with Crippen LogP contribution in [0, 0.1) is 6.92 Å². The zero-order valence-electron chi connectivity index (χ0n) is 7.35. The first kappa shape index (κ1) is 8.96. The number of carboxylic acid groups (broad SMARTS) is 1. The number of aromatic carboxylic acids is 1. The highest BCUT2D eigenvalue weighted by atomic mass is 32.1. The van der Waals surface area contributed by atoms with Gasteiger partial charge in [-0.2, -0.15) is 0 Å². The molecule has 0 atom stereocenters.